The van der Waals surface area contributed by atoms with Crippen LogP contribution in [-0.2, 0) is 14.9 Å². The zero-order chi connectivity index (χ0) is 17.9. The van der Waals surface area contributed by atoms with Crippen LogP contribution in [0.1, 0.15) is 6.42 Å². The molecule has 0 spiro atoms. The first-order valence-electron chi connectivity index (χ1n) is 5.86. The monoisotopic (exact) mass is 365 g/mol. The minimum absolute atomic E-state index is 0.0564. The molecule has 0 aliphatic carbocycles. The third kappa shape index (κ3) is 6.01. The Kier molecular flexibility index (Phi) is 7.16. The predicted octanol–water partition coefficient (Wildman–Crippen LogP) is 0.499. The first-order valence-corrected chi connectivity index (χ1v) is 7.82. The molecule has 12 heteroatoms. The van der Waals surface area contributed by atoms with E-state index in [0.29, 0.717) is 6.42 Å². The molecular weight excluding hydrogens is 347 g/mol. The summed E-state index contributed by atoms with van der Waals surface area (Å²) in [4.78, 5) is 19.5. The number of amidine groups is 1. The Balaban J connectivity index is 0.000000472. The summed E-state index contributed by atoms with van der Waals surface area (Å²) < 4.78 is 57.5. The van der Waals surface area contributed by atoms with Gasteiger partial charge in [0, 0.05) is 28.2 Å². The fourth-order valence-electron chi connectivity index (χ4n) is 1.48. The zero-order valence-electron chi connectivity index (χ0n) is 12.4. The van der Waals surface area contributed by atoms with Crippen LogP contribution in [0.2, 0.25) is 0 Å². The summed E-state index contributed by atoms with van der Waals surface area (Å²) in [5.41, 5.74) is -5.53. The molecule has 0 aromatic heterocycles. The molecule has 0 saturated heterocycles. The zero-order valence-corrected chi connectivity index (χ0v) is 14.1. The van der Waals surface area contributed by atoms with Gasteiger partial charge in [-0.15, -0.1) is 0 Å². The minimum Gasteiger partial charge on any atom is -0.366 e. The van der Waals surface area contributed by atoms with Gasteiger partial charge in [-0.25, -0.2) is 0 Å². The highest BCUT2D eigenvalue weighted by molar-refractivity contribution is 7.86. The normalized spacial score (nSPS) is 21.6. The molecular formula is C10H18F3N3O4S2. The molecule has 1 amide bonds. The lowest BCUT2D eigenvalue weighted by Crippen LogP contribution is -2.31. The van der Waals surface area contributed by atoms with E-state index in [0.717, 1.165) is 5.84 Å². The SMILES string of the molecule is CN(C)C(=O)[C@@H]1CC(S)C(N(C)C)=N1.O=S(=O)(O)C(F)(F)F. The number of hydrogen-bond acceptors (Lipinski definition) is 6. The van der Waals surface area contributed by atoms with Crippen molar-refractivity contribution in [2.24, 2.45) is 4.99 Å². The van der Waals surface area contributed by atoms with Crippen LogP contribution in [0.4, 0.5) is 13.2 Å². The summed E-state index contributed by atoms with van der Waals surface area (Å²) in [5, 5.41) is 0.0823. The second-order valence-corrected chi connectivity index (χ2v) is 6.84. The van der Waals surface area contributed by atoms with Crippen LogP contribution in [-0.4, -0.2) is 79.5 Å². The van der Waals surface area contributed by atoms with Crippen LogP contribution < -0.4 is 0 Å². The van der Waals surface area contributed by atoms with Crippen LogP contribution in [0.25, 0.3) is 0 Å². The van der Waals surface area contributed by atoms with Crippen molar-refractivity contribution in [2.75, 3.05) is 28.2 Å². The standard InChI is InChI=1S/C9H17N3OS.CHF3O3S/c1-11(2)8-7(14)5-6(10-8)9(13)12(3)4;2-1(3,4)8(5,6)7/h6-7,14H,5H2,1-4H3;(H,5,6,7)/t6-,7?;/m0./s1. The molecule has 0 aromatic carbocycles. The fourth-order valence-corrected chi connectivity index (χ4v) is 1.98. The first kappa shape index (κ1) is 21.0. The van der Waals surface area contributed by atoms with Crippen LogP contribution in [0.5, 0.6) is 0 Å². The molecule has 1 unspecified atom stereocenters. The van der Waals surface area contributed by atoms with Gasteiger partial charge in [0.15, 0.2) is 0 Å². The molecule has 1 aliphatic rings. The number of thiol groups is 1. The highest BCUT2D eigenvalue weighted by Crippen LogP contribution is 2.21. The van der Waals surface area contributed by atoms with Gasteiger partial charge in [-0.3, -0.25) is 14.3 Å². The van der Waals surface area contributed by atoms with Crippen molar-refractivity contribution in [3.05, 3.63) is 0 Å². The molecule has 0 aromatic rings. The average Bonchev–Trinajstić information content (AvgIpc) is 2.68. The van der Waals surface area contributed by atoms with Gasteiger partial charge in [0.05, 0.1) is 5.25 Å². The second kappa shape index (κ2) is 7.51. The molecule has 7 nitrogen and oxygen atoms in total. The summed E-state index contributed by atoms with van der Waals surface area (Å²) in [6, 6.07) is -0.245. The van der Waals surface area contributed by atoms with Gasteiger partial charge in [0.25, 0.3) is 0 Å². The molecule has 0 radical (unpaired) electrons. The Morgan fingerprint density at radius 1 is 1.32 bits per heavy atom. The van der Waals surface area contributed by atoms with Crippen LogP contribution in [0, 0.1) is 0 Å². The highest BCUT2D eigenvalue weighted by Gasteiger charge is 2.44. The molecule has 22 heavy (non-hydrogen) atoms. The Labute approximate surface area is 132 Å². The first-order chi connectivity index (χ1) is 9.68. The van der Waals surface area contributed by atoms with E-state index in [4.69, 9.17) is 13.0 Å². The number of carbonyl (C=O) groups is 1. The van der Waals surface area contributed by atoms with E-state index in [2.05, 4.69) is 17.6 Å². The number of likely N-dealkylation sites (N-methyl/N-ethyl adjacent to an activating group) is 1. The van der Waals surface area contributed by atoms with Gasteiger partial charge < -0.3 is 9.80 Å². The van der Waals surface area contributed by atoms with Crippen molar-refractivity contribution in [2.45, 2.75) is 23.2 Å². The Hall–Kier alpha value is -1.01. The lowest BCUT2D eigenvalue weighted by molar-refractivity contribution is -0.129. The van der Waals surface area contributed by atoms with E-state index in [-0.39, 0.29) is 17.2 Å². The Bertz CT molecular complexity index is 532. The fraction of sp³-hybridized carbons (Fsp3) is 0.800. The van der Waals surface area contributed by atoms with E-state index in [1.165, 1.54) is 0 Å². The maximum absolute atomic E-state index is 11.6. The van der Waals surface area contributed by atoms with Crippen molar-refractivity contribution >= 4 is 34.5 Å². The molecule has 1 heterocycles. The summed E-state index contributed by atoms with van der Waals surface area (Å²) in [5.74, 6) is 0.953. The summed E-state index contributed by atoms with van der Waals surface area (Å²) >= 11 is 4.41. The van der Waals surface area contributed by atoms with E-state index in [1.807, 2.05) is 19.0 Å². The number of nitrogens with zero attached hydrogens (tertiary/aromatic N) is 3. The molecule has 0 bridgehead atoms. The van der Waals surface area contributed by atoms with Crippen molar-refractivity contribution in [3.63, 3.8) is 0 Å². The number of halogens is 3. The summed E-state index contributed by atoms with van der Waals surface area (Å²) in [6.07, 6.45) is 0.702. The van der Waals surface area contributed by atoms with Gasteiger partial charge in [-0.2, -0.15) is 34.2 Å². The van der Waals surface area contributed by atoms with Crippen LogP contribution in [0.3, 0.4) is 0 Å². The van der Waals surface area contributed by atoms with Gasteiger partial charge in [0.1, 0.15) is 11.9 Å². The molecule has 0 saturated carbocycles. The van der Waals surface area contributed by atoms with Gasteiger partial charge in [-0.05, 0) is 6.42 Å². The topological polar surface area (TPSA) is 90.3 Å². The minimum atomic E-state index is -5.84. The number of carbonyl (C=O) groups excluding carboxylic acids is 1. The van der Waals surface area contributed by atoms with E-state index in [1.54, 1.807) is 19.0 Å². The number of hydrogen-bond donors (Lipinski definition) is 2. The average molecular weight is 365 g/mol. The third-order valence-corrected chi connectivity index (χ3v) is 3.54. The molecule has 0 fully saturated rings. The number of alkyl halides is 3. The third-order valence-electron chi connectivity index (χ3n) is 2.51. The summed E-state index contributed by atoms with van der Waals surface area (Å²) in [6.45, 7) is 0. The van der Waals surface area contributed by atoms with E-state index < -0.39 is 15.6 Å². The lowest BCUT2D eigenvalue weighted by Gasteiger charge is -2.14. The maximum Gasteiger partial charge on any atom is 0.522 e. The Morgan fingerprint density at radius 3 is 1.95 bits per heavy atom. The second-order valence-electron chi connectivity index (χ2n) is 4.80. The number of aliphatic imine (C=N–C) groups is 1. The quantitative estimate of drug-likeness (QED) is 0.401. The highest BCUT2D eigenvalue weighted by atomic mass is 32.2. The van der Waals surface area contributed by atoms with Crippen LogP contribution >= 0.6 is 12.6 Å². The largest absolute Gasteiger partial charge is 0.522 e. The molecule has 1 rings (SSSR count). The van der Waals surface area contributed by atoms with Crippen molar-refractivity contribution in [3.8, 4) is 0 Å². The van der Waals surface area contributed by atoms with E-state index >= 15 is 0 Å². The Morgan fingerprint density at radius 2 is 1.73 bits per heavy atom. The number of rotatable bonds is 1. The molecule has 130 valence electrons. The molecule has 1 aliphatic heterocycles. The molecule has 1 N–H and O–H groups in total. The van der Waals surface area contributed by atoms with Gasteiger partial charge in [-0.1, -0.05) is 0 Å². The van der Waals surface area contributed by atoms with Crippen molar-refractivity contribution in [1.29, 1.82) is 0 Å². The smallest absolute Gasteiger partial charge is 0.366 e. The maximum atomic E-state index is 11.6. The van der Waals surface area contributed by atoms with E-state index in [9.17, 15) is 18.0 Å². The van der Waals surface area contributed by atoms with Gasteiger partial charge >= 0.3 is 15.6 Å². The summed E-state index contributed by atoms with van der Waals surface area (Å²) in [7, 11) is 1.50. The predicted molar refractivity (Wildman–Crippen MR) is 78.6 cm³/mol. The molecule has 2 atom stereocenters. The van der Waals surface area contributed by atoms with Crippen LogP contribution in [0.15, 0.2) is 4.99 Å². The lowest BCUT2D eigenvalue weighted by atomic mass is 10.2. The van der Waals surface area contributed by atoms with Crippen molar-refractivity contribution < 1.29 is 30.9 Å². The number of amides is 1. The van der Waals surface area contributed by atoms with Crippen molar-refractivity contribution in [1.82, 2.24) is 9.80 Å². The van der Waals surface area contributed by atoms with Gasteiger partial charge in [0.2, 0.25) is 5.91 Å².